The Hall–Kier alpha value is -4.16. The Balaban J connectivity index is 1.59. The highest BCUT2D eigenvalue weighted by molar-refractivity contribution is 6.37. The number of nitrogens with one attached hydrogen (secondary N) is 4. The van der Waals surface area contributed by atoms with E-state index in [0.29, 0.717) is 38.8 Å². The van der Waals surface area contributed by atoms with Crippen LogP contribution in [-0.4, -0.2) is 84.4 Å². The number of nitrogens with zero attached hydrogens (tertiary/aromatic N) is 1. The van der Waals surface area contributed by atoms with Crippen LogP contribution in [0.5, 0.6) is 0 Å². The van der Waals surface area contributed by atoms with Crippen molar-refractivity contribution in [3.8, 4) is 0 Å². The molecule has 6 amide bonds. The van der Waals surface area contributed by atoms with Crippen LogP contribution in [-0.2, 0) is 36.8 Å². The maximum Gasteiger partial charge on any atom is 0.407 e. The van der Waals surface area contributed by atoms with Gasteiger partial charge in [0.25, 0.3) is 5.91 Å². The summed E-state index contributed by atoms with van der Waals surface area (Å²) in [6.07, 6.45) is 4.26. The minimum atomic E-state index is -1.10. The zero-order valence-electron chi connectivity index (χ0n) is 30.4. The smallest absolute Gasteiger partial charge is 0.407 e. The van der Waals surface area contributed by atoms with E-state index >= 15 is 0 Å². The summed E-state index contributed by atoms with van der Waals surface area (Å²) in [5, 5.41) is 11.3. The first-order chi connectivity index (χ1) is 23.6. The maximum absolute atomic E-state index is 14.7. The van der Waals surface area contributed by atoms with Gasteiger partial charge in [0.1, 0.15) is 18.7 Å². The van der Waals surface area contributed by atoms with Crippen LogP contribution in [0.15, 0.2) is 24.3 Å². The van der Waals surface area contributed by atoms with Gasteiger partial charge < -0.3 is 36.6 Å². The van der Waals surface area contributed by atoms with E-state index < -0.39 is 59.3 Å². The highest BCUT2D eigenvalue weighted by Gasteiger charge is 2.48. The Morgan fingerprint density at radius 3 is 2.12 bits per heavy atom. The van der Waals surface area contributed by atoms with Crippen molar-refractivity contribution in [3.05, 3.63) is 35.4 Å². The summed E-state index contributed by atoms with van der Waals surface area (Å²) in [4.78, 5) is 80.9. The van der Waals surface area contributed by atoms with Gasteiger partial charge in [-0.2, -0.15) is 0 Å². The van der Waals surface area contributed by atoms with E-state index in [1.807, 2.05) is 58.9 Å². The maximum atomic E-state index is 14.7. The van der Waals surface area contributed by atoms with Crippen LogP contribution in [0.4, 0.5) is 9.59 Å². The molecule has 13 nitrogen and oxygen atoms in total. The van der Waals surface area contributed by atoms with Crippen molar-refractivity contribution in [2.24, 2.45) is 34.8 Å². The van der Waals surface area contributed by atoms with Gasteiger partial charge in [0.2, 0.25) is 17.6 Å². The molecule has 3 unspecified atom stereocenters. The van der Waals surface area contributed by atoms with Gasteiger partial charge in [0, 0.05) is 13.1 Å². The zero-order valence-corrected chi connectivity index (χ0v) is 30.4. The third-order valence-electron chi connectivity index (χ3n) is 10.7. The number of ketones is 1. The van der Waals surface area contributed by atoms with E-state index in [4.69, 9.17) is 10.5 Å². The van der Waals surface area contributed by atoms with Gasteiger partial charge in [-0.15, -0.1) is 0 Å². The zero-order chi connectivity index (χ0) is 36.7. The van der Waals surface area contributed by atoms with Crippen molar-refractivity contribution in [2.75, 3.05) is 19.7 Å². The van der Waals surface area contributed by atoms with Gasteiger partial charge in [-0.25, -0.2) is 9.59 Å². The summed E-state index contributed by atoms with van der Waals surface area (Å²) in [5.74, 6) is -3.07. The molecule has 3 aliphatic rings. The van der Waals surface area contributed by atoms with Gasteiger partial charge in [-0.1, -0.05) is 78.1 Å². The Labute approximate surface area is 295 Å². The molecule has 1 aliphatic heterocycles. The predicted octanol–water partition coefficient (Wildman–Crippen LogP) is 2.83. The normalized spacial score (nSPS) is 21.0. The standard InChI is InChI=1S/C37H56N6O7/c1-7-39-36(49)50-20-28(37(4,5)6)41-35(48)42-29(25-18-23-13-8-9-14-24(23)19-25)34(47)43-16-15-26(21(2)3)30(43)33(46)40-27(31(44)32(38)45)17-22-11-10-12-22/h8-9,13-14,21-22,25-30H,7,10-12,15-20H2,1-6H3,(H2,38,45)(H,39,49)(H,40,46)(H2,41,42,48)/t26-,27?,28-,29?,30?/m1/s1. The van der Waals surface area contributed by atoms with Crippen LogP contribution in [0.3, 0.4) is 0 Å². The Bertz CT molecular complexity index is 1400. The molecule has 2 aliphatic carbocycles. The third-order valence-corrected chi connectivity index (χ3v) is 10.7. The van der Waals surface area contributed by atoms with Gasteiger partial charge in [-0.3, -0.25) is 19.2 Å². The predicted molar refractivity (Wildman–Crippen MR) is 188 cm³/mol. The van der Waals surface area contributed by atoms with Crippen molar-refractivity contribution in [3.63, 3.8) is 0 Å². The van der Waals surface area contributed by atoms with Gasteiger partial charge >= 0.3 is 12.1 Å². The molecule has 50 heavy (non-hydrogen) atoms. The number of Topliss-reactive ketones (excluding diaryl/α,β-unsaturated/α-hetero) is 1. The SMILES string of the molecule is CCNC(=O)OC[C@@H](NC(=O)NC(C(=O)N1CC[C@H](C(C)C)C1C(=O)NC(CC1CCC1)C(=O)C(N)=O)C1Cc2ccccc2C1)C(C)(C)C. The summed E-state index contributed by atoms with van der Waals surface area (Å²) in [6.45, 7) is 12.1. The van der Waals surface area contributed by atoms with Gasteiger partial charge in [-0.05, 0) is 72.8 Å². The summed E-state index contributed by atoms with van der Waals surface area (Å²) in [5.41, 5.74) is 7.08. The van der Waals surface area contributed by atoms with Crippen LogP contribution < -0.4 is 27.0 Å². The second kappa shape index (κ2) is 16.7. The van der Waals surface area contributed by atoms with Gasteiger partial charge in [0.15, 0.2) is 0 Å². The fourth-order valence-corrected chi connectivity index (χ4v) is 7.41. The van der Waals surface area contributed by atoms with Crippen molar-refractivity contribution in [1.29, 1.82) is 0 Å². The topological polar surface area (TPSA) is 189 Å². The van der Waals surface area contributed by atoms with Crippen LogP contribution in [0.1, 0.15) is 84.8 Å². The molecule has 1 saturated carbocycles. The largest absolute Gasteiger partial charge is 0.447 e. The highest BCUT2D eigenvalue weighted by atomic mass is 16.5. The van der Waals surface area contributed by atoms with Crippen LogP contribution in [0, 0.1) is 29.1 Å². The number of nitrogens with two attached hydrogens (primary N) is 1. The summed E-state index contributed by atoms with van der Waals surface area (Å²) >= 11 is 0. The van der Waals surface area contributed by atoms with Crippen molar-refractivity contribution >= 4 is 35.6 Å². The van der Waals surface area contributed by atoms with E-state index in [-0.39, 0.29) is 36.2 Å². The number of benzene rings is 1. The molecule has 13 heteroatoms. The van der Waals surface area contributed by atoms with Crippen molar-refractivity contribution < 1.29 is 33.5 Å². The first-order valence-electron chi connectivity index (χ1n) is 18.1. The average Bonchev–Trinajstić information content (AvgIpc) is 3.67. The fourth-order valence-electron chi connectivity index (χ4n) is 7.41. The Morgan fingerprint density at radius 1 is 0.960 bits per heavy atom. The quantitative estimate of drug-likeness (QED) is 0.185. The lowest BCUT2D eigenvalue weighted by Gasteiger charge is -2.36. The lowest BCUT2D eigenvalue weighted by atomic mass is 9.80. The number of carbonyl (C=O) groups is 6. The molecule has 6 N–H and O–H groups in total. The molecular formula is C37H56N6O7. The summed E-state index contributed by atoms with van der Waals surface area (Å²) < 4.78 is 5.36. The molecule has 4 rings (SSSR count). The number of ether oxygens (including phenoxy) is 1. The molecule has 0 radical (unpaired) electrons. The first kappa shape index (κ1) is 38.6. The van der Waals surface area contributed by atoms with E-state index in [2.05, 4.69) is 21.3 Å². The Morgan fingerprint density at radius 2 is 1.60 bits per heavy atom. The van der Waals surface area contributed by atoms with E-state index in [1.54, 1.807) is 11.8 Å². The molecule has 5 atom stereocenters. The minimum absolute atomic E-state index is 0.0309. The lowest BCUT2D eigenvalue weighted by Crippen LogP contribution is -2.61. The summed E-state index contributed by atoms with van der Waals surface area (Å²) in [6, 6.07) is 3.82. The number of hydrogen-bond acceptors (Lipinski definition) is 7. The van der Waals surface area contributed by atoms with Gasteiger partial charge in [0.05, 0.1) is 12.1 Å². The highest BCUT2D eigenvalue weighted by Crippen LogP contribution is 2.35. The number of likely N-dealkylation sites (tertiary alicyclic amines) is 1. The number of hydrogen-bond donors (Lipinski definition) is 5. The number of fused-ring (bicyclic) bond motifs is 1. The average molecular weight is 697 g/mol. The third kappa shape index (κ3) is 9.54. The fraction of sp³-hybridized carbons (Fsp3) is 0.676. The molecule has 1 aromatic carbocycles. The van der Waals surface area contributed by atoms with E-state index in [9.17, 15) is 28.8 Å². The number of urea groups is 1. The molecule has 0 aromatic heterocycles. The van der Waals surface area contributed by atoms with Crippen LogP contribution in [0.2, 0.25) is 0 Å². The number of primary amides is 1. The second-order valence-electron chi connectivity index (χ2n) is 15.6. The molecule has 2 fully saturated rings. The molecular weight excluding hydrogens is 640 g/mol. The van der Waals surface area contributed by atoms with Crippen LogP contribution in [0.25, 0.3) is 0 Å². The number of rotatable bonds is 14. The van der Waals surface area contributed by atoms with E-state index in [1.165, 1.54) is 0 Å². The van der Waals surface area contributed by atoms with Crippen molar-refractivity contribution in [1.82, 2.24) is 26.2 Å². The number of amides is 6. The second-order valence-corrected chi connectivity index (χ2v) is 15.6. The Kier molecular flexibility index (Phi) is 12.9. The molecule has 0 spiro atoms. The molecule has 0 bridgehead atoms. The first-order valence-corrected chi connectivity index (χ1v) is 18.1. The molecule has 1 heterocycles. The molecule has 276 valence electrons. The van der Waals surface area contributed by atoms with Crippen LogP contribution >= 0.6 is 0 Å². The molecule has 1 saturated heterocycles. The number of alkyl carbamates (subject to hydrolysis) is 1. The summed E-state index contributed by atoms with van der Waals surface area (Å²) in [7, 11) is 0. The van der Waals surface area contributed by atoms with E-state index in [0.717, 1.165) is 30.4 Å². The van der Waals surface area contributed by atoms with Crippen molar-refractivity contribution in [2.45, 2.75) is 111 Å². The molecule has 1 aromatic rings. The monoisotopic (exact) mass is 696 g/mol. The number of carbonyl (C=O) groups excluding carboxylic acids is 6. The minimum Gasteiger partial charge on any atom is -0.447 e. The lowest BCUT2D eigenvalue weighted by molar-refractivity contribution is -0.144.